The van der Waals surface area contributed by atoms with Crippen LogP contribution in [-0.2, 0) is 14.8 Å². The summed E-state index contributed by atoms with van der Waals surface area (Å²) in [5.41, 5.74) is 0. The largest absolute Gasteiger partial charge is 0.395 e. The summed E-state index contributed by atoms with van der Waals surface area (Å²) < 4.78 is 30.2. The second-order valence-corrected chi connectivity index (χ2v) is 5.91. The summed E-state index contributed by atoms with van der Waals surface area (Å²) in [7, 11) is 0.132. The van der Waals surface area contributed by atoms with Gasteiger partial charge in [0.2, 0.25) is 10.0 Å². The predicted molar refractivity (Wildman–Crippen MR) is 62.8 cm³/mol. The Labute approximate surface area is 97.6 Å². The van der Waals surface area contributed by atoms with E-state index in [0.717, 1.165) is 6.54 Å². The minimum Gasteiger partial charge on any atom is -0.395 e. The highest BCUT2D eigenvalue weighted by atomic mass is 32.2. The fraction of sp³-hybridized carbons (Fsp3) is 1.00. The molecule has 0 heterocycles. The zero-order valence-electron chi connectivity index (χ0n) is 10.1. The number of hydrogen-bond acceptors (Lipinski definition) is 5. The van der Waals surface area contributed by atoms with Gasteiger partial charge in [0.1, 0.15) is 0 Å². The minimum absolute atomic E-state index is 0.340. The maximum absolute atomic E-state index is 11.4. The van der Waals surface area contributed by atoms with Gasteiger partial charge in [-0.25, -0.2) is 13.1 Å². The SMILES string of the molecule is COCCN(C)CCNS(=O)(=O)C(C)CO. The van der Waals surface area contributed by atoms with E-state index in [-0.39, 0.29) is 6.61 Å². The molecule has 0 radical (unpaired) electrons. The summed E-state index contributed by atoms with van der Waals surface area (Å²) in [6.45, 7) is 3.43. The van der Waals surface area contributed by atoms with E-state index in [1.807, 2.05) is 11.9 Å². The summed E-state index contributed by atoms with van der Waals surface area (Å²) in [6.07, 6.45) is 0. The summed E-state index contributed by atoms with van der Waals surface area (Å²) in [6, 6.07) is 0. The van der Waals surface area contributed by atoms with Crippen molar-refractivity contribution in [1.82, 2.24) is 9.62 Å². The van der Waals surface area contributed by atoms with Crippen molar-refractivity contribution in [3.63, 3.8) is 0 Å². The molecule has 0 aromatic carbocycles. The molecule has 0 amide bonds. The Hall–Kier alpha value is -0.210. The van der Waals surface area contributed by atoms with Crippen molar-refractivity contribution in [2.75, 3.05) is 47.0 Å². The predicted octanol–water partition coefficient (Wildman–Crippen LogP) is -1.14. The summed E-state index contributed by atoms with van der Waals surface area (Å²) in [5.74, 6) is 0. The molecule has 1 atom stereocenters. The third-order valence-electron chi connectivity index (χ3n) is 2.26. The van der Waals surface area contributed by atoms with E-state index in [2.05, 4.69) is 4.72 Å². The molecule has 16 heavy (non-hydrogen) atoms. The van der Waals surface area contributed by atoms with Crippen LogP contribution < -0.4 is 4.72 Å². The van der Waals surface area contributed by atoms with Crippen molar-refractivity contribution in [2.45, 2.75) is 12.2 Å². The Bertz CT molecular complexity index is 269. The second-order valence-electron chi connectivity index (χ2n) is 3.73. The highest BCUT2D eigenvalue weighted by molar-refractivity contribution is 7.90. The Morgan fingerprint density at radius 3 is 2.56 bits per heavy atom. The summed E-state index contributed by atoms with van der Waals surface area (Å²) in [4.78, 5) is 1.97. The van der Waals surface area contributed by atoms with Crippen LogP contribution in [0, 0.1) is 0 Å². The van der Waals surface area contributed by atoms with Crippen molar-refractivity contribution in [3.05, 3.63) is 0 Å². The molecule has 98 valence electrons. The first-order chi connectivity index (χ1) is 7.44. The zero-order chi connectivity index (χ0) is 12.6. The monoisotopic (exact) mass is 254 g/mol. The molecule has 0 saturated heterocycles. The van der Waals surface area contributed by atoms with Crippen LogP contribution in [0.15, 0.2) is 0 Å². The number of aliphatic hydroxyl groups excluding tert-OH is 1. The molecule has 0 saturated carbocycles. The molecule has 0 aliphatic carbocycles. The smallest absolute Gasteiger partial charge is 0.216 e. The van der Waals surface area contributed by atoms with E-state index >= 15 is 0 Å². The average molecular weight is 254 g/mol. The minimum atomic E-state index is -3.38. The van der Waals surface area contributed by atoms with Gasteiger partial charge in [-0.05, 0) is 14.0 Å². The maximum atomic E-state index is 11.4. The number of ether oxygens (including phenoxy) is 1. The fourth-order valence-corrected chi connectivity index (χ4v) is 1.83. The van der Waals surface area contributed by atoms with E-state index in [0.29, 0.717) is 19.7 Å². The van der Waals surface area contributed by atoms with E-state index in [1.54, 1.807) is 7.11 Å². The van der Waals surface area contributed by atoms with Crippen molar-refractivity contribution >= 4 is 10.0 Å². The van der Waals surface area contributed by atoms with Gasteiger partial charge in [0, 0.05) is 26.7 Å². The van der Waals surface area contributed by atoms with Gasteiger partial charge in [-0.2, -0.15) is 0 Å². The number of rotatable bonds is 9. The van der Waals surface area contributed by atoms with E-state index in [9.17, 15) is 8.42 Å². The van der Waals surface area contributed by atoms with Crippen LogP contribution in [0.25, 0.3) is 0 Å². The van der Waals surface area contributed by atoms with Gasteiger partial charge in [-0.1, -0.05) is 0 Å². The van der Waals surface area contributed by atoms with Gasteiger partial charge in [0.05, 0.1) is 18.5 Å². The number of sulfonamides is 1. The Morgan fingerprint density at radius 1 is 1.44 bits per heavy atom. The third-order valence-corrected chi connectivity index (χ3v) is 4.08. The lowest BCUT2D eigenvalue weighted by Crippen LogP contribution is -2.39. The molecule has 7 heteroatoms. The standard InChI is InChI=1S/C9H22N2O4S/c1-9(8-12)16(13,14)10-4-5-11(2)6-7-15-3/h9-10,12H,4-8H2,1-3H3. The molecule has 2 N–H and O–H groups in total. The molecule has 0 rings (SSSR count). The lowest BCUT2D eigenvalue weighted by molar-refractivity contribution is 0.162. The lowest BCUT2D eigenvalue weighted by atomic mass is 10.5. The van der Waals surface area contributed by atoms with Crippen molar-refractivity contribution in [1.29, 1.82) is 0 Å². The van der Waals surface area contributed by atoms with E-state index in [1.165, 1.54) is 6.92 Å². The maximum Gasteiger partial charge on any atom is 0.216 e. The molecule has 0 spiro atoms. The molecule has 0 bridgehead atoms. The molecule has 6 nitrogen and oxygen atoms in total. The molecular formula is C9H22N2O4S. The Kier molecular flexibility index (Phi) is 7.86. The van der Waals surface area contributed by atoms with Crippen LogP contribution in [0.3, 0.4) is 0 Å². The van der Waals surface area contributed by atoms with Gasteiger partial charge >= 0.3 is 0 Å². The Balaban J connectivity index is 3.81. The first kappa shape index (κ1) is 15.8. The molecule has 0 aliphatic heterocycles. The summed E-state index contributed by atoms with van der Waals surface area (Å²) in [5, 5.41) is 7.98. The van der Waals surface area contributed by atoms with Gasteiger partial charge in [0.15, 0.2) is 0 Å². The molecular weight excluding hydrogens is 232 g/mol. The lowest BCUT2D eigenvalue weighted by Gasteiger charge is -2.17. The second kappa shape index (κ2) is 7.97. The first-order valence-electron chi connectivity index (χ1n) is 5.21. The summed E-state index contributed by atoms with van der Waals surface area (Å²) >= 11 is 0. The molecule has 1 unspecified atom stereocenters. The number of methoxy groups -OCH3 is 1. The fourth-order valence-electron chi connectivity index (χ4n) is 0.978. The van der Waals surface area contributed by atoms with Crippen LogP contribution in [0.2, 0.25) is 0 Å². The van der Waals surface area contributed by atoms with Crippen molar-refractivity contribution in [2.24, 2.45) is 0 Å². The van der Waals surface area contributed by atoms with Crippen LogP contribution in [0.4, 0.5) is 0 Å². The molecule has 0 aromatic heterocycles. The van der Waals surface area contributed by atoms with Crippen LogP contribution >= 0.6 is 0 Å². The van der Waals surface area contributed by atoms with Gasteiger partial charge in [-0.3, -0.25) is 0 Å². The van der Waals surface area contributed by atoms with Crippen molar-refractivity contribution in [3.8, 4) is 0 Å². The molecule has 0 fully saturated rings. The van der Waals surface area contributed by atoms with Crippen molar-refractivity contribution < 1.29 is 18.3 Å². The third kappa shape index (κ3) is 6.39. The highest BCUT2D eigenvalue weighted by Gasteiger charge is 2.18. The quantitative estimate of drug-likeness (QED) is 0.544. The van der Waals surface area contributed by atoms with Crippen LogP contribution in [-0.4, -0.2) is 70.7 Å². The van der Waals surface area contributed by atoms with E-state index < -0.39 is 15.3 Å². The number of hydrogen-bond donors (Lipinski definition) is 2. The number of nitrogens with zero attached hydrogens (tertiary/aromatic N) is 1. The van der Waals surface area contributed by atoms with E-state index in [4.69, 9.17) is 9.84 Å². The number of aliphatic hydroxyl groups is 1. The topological polar surface area (TPSA) is 78.9 Å². The van der Waals surface area contributed by atoms with Crippen LogP contribution in [0.5, 0.6) is 0 Å². The normalized spacial score (nSPS) is 14.3. The molecule has 0 aliphatic rings. The number of likely N-dealkylation sites (N-methyl/N-ethyl adjacent to an activating group) is 1. The number of nitrogens with one attached hydrogen (secondary N) is 1. The molecule has 0 aromatic rings. The first-order valence-corrected chi connectivity index (χ1v) is 6.75. The zero-order valence-corrected chi connectivity index (χ0v) is 11.0. The average Bonchev–Trinajstić information content (AvgIpc) is 2.24. The highest BCUT2D eigenvalue weighted by Crippen LogP contribution is 1.95. The van der Waals surface area contributed by atoms with Gasteiger partial charge in [0.25, 0.3) is 0 Å². The van der Waals surface area contributed by atoms with Crippen LogP contribution in [0.1, 0.15) is 6.92 Å². The van der Waals surface area contributed by atoms with Gasteiger partial charge in [-0.15, -0.1) is 0 Å². The van der Waals surface area contributed by atoms with Gasteiger partial charge < -0.3 is 14.7 Å². The Morgan fingerprint density at radius 2 is 2.06 bits per heavy atom.